The van der Waals surface area contributed by atoms with E-state index >= 15 is 0 Å². The first-order valence-corrected chi connectivity index (χ1v) is 10.7. The Hall–Kier alpha value is -2.48. The highest BCUT2D eigenvalue weighted by molar-refractivity contribution is 5.78. The van der Waals surface area contributed by atoms with E-state index in [0.717, 1.165) is 24.1 Å². The van der Waals surface area contributed by atoms with Crippen LogP contribution >= 0.6 is 0 Å². The zero-order valence-electron chi connectivity index (χ0n) is 18.5. The maximum atomic E-state index is 12.4. The molecule has 2 saturated heterocycles. The summed E-state index contributed by atoms with van der Waals surface area (Å²) in [7, 11) is 4.05. The van der Waals surface area contributed by atoms with E-state index in [1.54, 1.807) is 0 Å². The molecule has 0 radical (unpaired) electrons. The number of pyridine rings is 1. The van der Waals surface area contributed by atoms with Crippen LogP contribution in [-0.2, 0) is 16.6 Å². The van der Waals surface area contributed by atoms with E-state index in [1.807, 2.05) is 66.3 Å². The van der Waals surface area contributed by atoms with Crippen molar-refractivity contribution < 1.29 is 36.8 Å². The third-order valence-electron chi connectivity index (χ3n) is 6.29. The lowest BCUT2D eigenvalue weighted by Gasteiger charge is -2.36. The summed E-state index contributed by atoms with van der Waals surface area (Å²) in [5, 5.41) is 20.6. The van der Waals surface area contributed by atoms with E-state index in [-0.39, 0.29) is 31.1 Å². The second-order valence-corrected chi connectivity index (χ2v) is 8.21. The largest absolute Gasteiger partial charge is 1.00 e. The fraction of sp³-hybridized carbons (Fsp3) is 0.458. The summed E-state index contributed by atoms with van der Waals surface area (Å²) in [5.74, 6) is -0.860. The highest BCUT2D eigenvalue weighted by Gasteiger charge is 2.40. The molecule has 2 N–H and O–H groups in total. The Morgan fingerprint density at radius 3 is 2.38 bits per heavy atom. The van der Waals surface area contributed by atoms with E-state index in [2.05, 4.69) is 17.1 Å². The Balaban J connectivity index is 0.000000280. The van der Waals surface area contributed by atoms with Gasteiger partial charge in [0.05, 0.1) is 6.61 Å². The molecule has 174 valence electrons. The van der Waals surface area contributed by atoms with Crippen molar-refractivity contribution in [1.29, 1.82) is 0 Å². The van der Waals surface area contributed by atoms with Gasteiger partial charge in [0.2, 0.25) is 5.69 Å². The van der Waals surface area contributed by atoms with Crippen molar-refractivity contribution in [2.24, 2.45) is 12.2 Å². The zero-order valence-corrected chi connectivity index (χ0v) is 19.3. The summed E-state index contributed by atoms with van der Waals surface area (Å²) < 4.78 is 7.56. The molecule has 4 rings (SSSR count). The Morgan fingerprint density at radius 2 is 1.81 bits per heavy atom. The SMILES string of the molecule is CN1[C@@H]2CC[C@H]1CC(OC(=O)C(CO)c1ccccc1)C2.C[n+]1ccccc1/C=N/O.[Cl-]. The fourth-order valence-electron chi connectivity index (χ4n) is 4.44. The number of rotatable bonds is 5. The number of benzene rings is 1. The predicted molar refractivity (Wildman–Crippen MR) is 117 cm³/mol. The number of carbonyl (C=O) groups excluding carboxylic acids is 1. The number of carbonyl (C=O) groups is 1. The molecule has 3 heterocycles. The van der Waals surface area contributed by atoms with Crippen molar-refractivity contribution in [1.82, 2.24) is 4.90 Å². The number of hydrogen-bond donors (Lipinski definition) is 2. The Labute approximate surface area is 195 Å². The van der Waals surface area contributed by atoms with Crippen LogP contribution in [0.4, 0.5) is 0 Å². The average molecular weight is 462 g/mol. The Bertz CT molecular complexity index is 867. The number of aryl methyl sites for hydroxylation is 1. The summed E-state index contributed by atoms with van der Waals surface area (Å²) in [4.78, 5) is 14.8. The van der Waals surface area contributed by atoms with Crippen LogP contribution < -0.4 is 17.0 Å². The van der Waals surface area contributed by atoms with Gasteiger partial charge in [0.25, 0.3) is 0 Å². The summed E-state index contributed by atoms with van der Waals surface area (Å²) in [6.45, 7) is -0.206. The van der Waals surface area contributed by atoms with Gasteiger partial charge in [-0.15, -0.1) is 0 Å². The first-order chi connectivity index (χ1) is 15.0. The van der Waals surface area contributed by atoms with Gasteiger partial charge >= 0.3 is 5.97 Å². The normalized spacial score (nSPS) is 23.0. The molecule has 2 unspecified atom stereocenters. The van der Waals surface area contributed by atoms with E-state index in [0.29, 0.717) is 12.1 Å². The molecule has 0 saturated carbocycles. The van der Waals surface area contributed by atoms with Crippen LogP contribution in [0, 0.1) is 0 Å². The second kappa shape index (κ2) is 12.5. The number of ether oxygens (including phenoxy) is 1. The number of halogens is 1. The molecule has 7 nitrogen and oxygen atoms in total. The number of nitrogens with zero attached hydrogens (tertiary/aromatic N) is 3. The zero-order chi connectivity index (χ0) is 22.2. The van der Waals surface area contributed by atoms with Crippen molar-refractivity contribution in [3.8, 4) is 0 Å². The number of aromatic nitrogens is 1. The lowest BCUT2D eigenvalue weighted by molar-refractivity contribution is -0.672. The highest BCUT2D eigenvalue weighted by Crippen LogP contribution is 2.36. The summed E-state index contributed by atoms with van der Waals surface area (Å²) in [6, 6.07) is 16.1. The number of aliphatic hydroxyl groups excluding tert-OH is 1. The minimum atomic E-state index is -0.566. The van der Waals surface area contributed by atoms with Crippen molar-refractivity contribution in [2.75, 3.05) is 13.7 Å². The number of piperidine rings is 1. The summed E-state index contributed by atoms with van der Waals surface area (Å²) in [6.07, 6.45) is 7.53. The third-order valence-corrected chi connectivity index (χ3v) is 6.29. The lowest BCUT2D eigenvalue weighted by atomic mass is 9.98. The van der Waals surface area contributed by atoms with Crippen LogP contribution in [-0.4, -0.2) is 59.2 Å². The number of aliphatic hydroxyl groups is 1. The monoisotopic (exact) mass is 461 g/mol. The number of esters is 1. The van der Waals surface area contributed by atoms with Gasteiger partial charge in [-0.1, -0.05) is 35.5 Å². The molecule has 2 aromatic rings. The standard InChI is InChI=1S/C17H23NO3.C7H8N2O.ClH/c1-18-13-7-8-14(18)10-15(9-13)21-17(20)16(11-19)12-5-3-2-4-6-12;1-9-5-3-2-4-7(9)6-8-10;/h2-6,13-16,19H,7-11H2,1H3;2-6H,1H3;1H/t13-,14+,15?,16?;;. The minimum absolute atomic E-state index is 0. The summed E-state index contributed by atoms with van der Waals surface area (Å²) >= 11 is 0. The molecule has 1 aromatic carbocycles. The van der Waals surface area contributed by atoms with Gasteiger partial charge in [-0.2, -0.15) is 0 Å². The second-order valence-electron chi connectivity index (χ2n) is 8.21. The average Bonchev–Trinajstić information content (AvgIpc) is 2.98. The molecule has 0 spiro atoms. The summed E-state index contributed by atoms with van der Waals surface area (Å²) in [5.41, 5.74) is 1.69. The minimum Gasteiger partial charge on any atom is -1.00 e. The van der Waals surface area contributed by atoms with Crippen molar-refractivity contribution in [2.45, 2.75) is 49.8 Å². The topological polar surface area (TPSA) is 86.2 Å². The van der Waals surface area contributed by atoms with Crippen LogP contribution in [0.1, 0.15) is 42.9 Å². The van der Waals surface area contributed by atoms with Crippen molar-refractivity contribution in [3.05, 3.63) is 66.0 Å². The van der Waals surface area contributed by atoms with Crippen LogP contribution in [0.25, 0.3) is 0 Å². The van der Waals surface area contributed by atoms with E-state index < -0.39 is 5.92 Å². The van der Waals surface area contributed by atoms with Gasteiger partial charge in [-0.25, -0.2) is 4.57 Å². The van der Waals surface area contributed by atoms with E-state index in [4.69, 9.17) is 9.94 Å². The molecule has 2 fully saturated rings. The molecule has 32 heavy (non-hydrogen) atoms. The molecule has 0 amide bonds. The van der Waals surface area contributed by atoms with Crippen LogP contribution in [0.2, 0.25) is 0 Å². The van der Waals surface area contributed by atoms with Gasteiger partial charge in [-0.05, 0) is 44.4 Å². The predicted octanol–water partition coefficient (Wildman–Crippen LogP) is -0.746. The van der Waals surface area contributed by atoms with E-state index in [9.17, 15) is 9.90 Å². The highest BCUT2D eigenvalue weighted by atomic mass is 35.5. The van der Waals surface area contributed by atoms with E-state index in [1.165, 1.54) is 19.1 Å². The molecule has 1 aromatic heterocycles. The Morgan fingerprint density at radius 1 is 1.19 bits per heavy atom. The van der Waals surface area contributed by atoms with Crippen LogP contribution in [0.3, 0.4) is 0 Å². The first kappa shape index (κ1) is 25.8. The molecule has 0 aliphatic carbocycles. The van der Waals surface area contributed by atoms with Crippen LogP contribution in [0.5, 0.6) is 0 Å². The van der Waals surface area contributed by atoms with Gasteiger partial charge < -0.3 is 32.4 Å². The maximum absolute atomic E-state index is 12.4. The van der Waals surface area contributed by atoms with Crippen molar-refractivity contribution >= 4 is 12.2 Å². The van der Waals surface area contributed by atoms with Crippen molar-refractivity contribution in [3.63, 3.8) is 0 Å². The molecule has 2 bridgehead atoms. The molecule has 8 heteroatoms. The molecular formula is C24H32ClN3O4. The molecule has 4 atom stereocenters. The lowest BCUT2D eigenvalue weighted by Crippen LogP contribution is -3.00. The first-order valence-electron chi connectivity index (χ1n) is 10.7. The molecule has 2 aliphatic heterocycles. The van der Waals surface area contributed by atoms with Gasteiger partial charge in [0, 0.05) is 24.2 Å². The van der Waals surface area contributed by atoms with Gasteiger partial charge in [0.15, 0.2) is 6.20 Å². The third kappa shape index (κ3) is 6.51. The van der Waals surface area contributed by atoms with Gasteiger partial charge in [-0.3, -0.25) is 4.79 Å². The number of oxime groups is 1. The number of hydrogen-bond acceptors (Lipinski definition) is 6. The van der Waals surface area contributed by atoms with Gasteiger partial charge in [0.1, 0.15) is 25.3 Å². The Kier molecular flexibility index (Phi) is 10.1. The smallest absolute Gasteiger partial charge is 0.316 e. The quantitative estimate of drug-likeness (QED) is 0.201. The van der Waals surface area contributed by atoms with Crippen LogP contribution in [0.15, 0.2) is 59.9 Å². The number of fused-ring (bicyclic) bond motifs is 2. The maximum Gasteiger partial charge on any atom is 0.316 e. The fourth-order valence-corrected chi connectivity index (χ4v) is 4.44. The molecule has 2 aliphatic rings. The molecular weight excluding hydrogens is 430 g/mol.